The summed E-state index contributed by atoms with van der Waals surface area (Å²) in [6.45, 7) is 9.47. The van der Waals surface area contributed by atoms with Gasteiger partial charge in [0.05, 0.1) is 6.61 Å². The molecule has 2 heterocycles. The van der Waals surface area contributed by atoms with Crippen LogP contribution < -0.4 is 5.32 Å². The highest BCUT2D eigenvalue weighted by Crippen LogP contribution is 2.14. The molecule has 1 amide bonds. The van der Waals surface area contributed by atoms with Gasteiger partial charge >= 0.3 is 5.97 Å². The number of hydrogen-bond acceptors (Lipinski definition) is 5. The molecule has 0 aliphatic carbocycles. The monoisotopic (exact) mass is 451 g/mol. The highest BCUT2D eigenvalue weighted by atomic mass is 16.5. The van der Waals surface area contributed by atoms with Crippen molar-refractivity contribution in [3.8, 4) is 0 Å². The molecular formula is C26H49N3O3. The molecule has 0 aromatic carbocycles. The number of amides is 1. The number of hydrogen-bond donors (Lipinski definition) is 1. The van der Waals surface area contributed by atoms with Crippen LogP contribution in [0, 0.1) is 0 Å². The molecule has 0 aromatic rings. The summed E-state index contributed by atoms with van der Waals surface area (Å²) < 4.78 is 4.96. The fourth-order valence-electron chi connectivity index (χ4n) is 4.95. The molecule has 2 rings (SSSR count). The van der Waals surface area contributed by atoms with Crippen LogP contribution in [0.3, 0.4) is 0 Å². The summed E-state index contributed by atoms with van der Waals surface area (Å²) in [5.41, 5.74) is 0. The van der Waals surface area contributed by atoms with Gasteiger partial charge in [0.1, 0.15) is 0 Å². The molecule has 0 bridgehead atoms. The Hall–Kier alpha value is -1.14. The molecule has 0 spiro atoms. The minimum Gasteiger partial charge on any atom is -0.466 e. The van der Waals surface area contributed by atoms with Crippen molar-refractivity contribution in [3.63, 3.8) is 0 Å². The van der Waals surface area contributed by atoms with Gasteiger partial charge in [-0.1, -0.05) is 32.1 Å². The average Bonchev–Trinajstić information content (AvgIpc) is 2.80. The lowest BCUT2D eigenvalue weighted by Crippen LogP contribution is -2.44. The first-order chi connectivity index (χ1) is 15.7. The standard InChI is InChI=1S/C26H49N3O3/c1-2-32-26(31)15-9-4-3-5-10-21-29-22-16-24(17-23-29)27-25(30)14-8-6-11-18-28-19-12-7-13-20-28/h24H,2-23H2,1H3,(H,27,30). The van der Waals surface area contributed by atoms with Gasteiger partial charge in [-0.3, -0.25) is 9.59 Å². The smallest absolute Gasteiger partial charge is 0.305 e. The second kappa shape index (κ2) is 17.4. The maximum absolute atomic E-state index is 12.3. The van der Waals surface area contributed by atoms with E-state index in [4.69, 9.17) is 4.74 Å². The first kappa shape index (κ1) is 27.1. The largest absolute Gasteiger partial charge is 0.466 e. The second-order valence-electron chi connectivity index (χ2n) is 9.72. The predicted octanol–water partition coefficient (Wildman–Crippen LogP) is 4.52. The Morgan fingerprint density at radius 2 is 1.31 bits per heavy atom. The van der Waals surface area contributed by atoms with E-state index in [0.717, 1.165) is 51.7 Å². The third kappa shape index (κ3) is 12.8. The van der Waals surface area contributed by atoms with Crippen molar-refractivity contribution in [3.05, 3.63) is 0 Å². The molecule has 0 atom stereocenters. The van der Waals surface area contributed by atoms with E-state index in [1.54, 1.807) is 0 Å². The van der Waals surface area contributed by atoms with Crippen molar-refractivity contribution >= 4 is 11.9 Å². The molecule has 6 nitrogen and oxygen atoms in total. The summed E-state index contributed by atoms with van der Waals surface area (Å²) >= 11 is 0. The van der Waals surface area contributed by atoms with Crippen molar-refractivity contribution in [1.29, 1.82) is 0 Å². The van der Waals surface area contributed by atoms with Crippen molar-refractivity contribution in [2.24, 2.45) is 0 Å². The number of ether oxygens (including phenoxy) is 1. The molecule has 2 aliphatic heterocycles. The molecule has 2 aliphatic rings. The minimum atomic E-state index is -0.0599. The molecule has 6 heteroatoms. The highest BCUT2D eigenvalue weighted by Gasteiger charge is 2.20. The van der Waals surface area contributed by atoms with E-state index in [1.165, 1.54) is 71.0 Å². The maximum atomic E-state index is 12.3. The zero-order valence-electron chi connectivity index (χ0n) is 20.8. The summed E-state index contributed by atoms with van der Waals surface area (Å²) in [6, 6.07) is 0.370. The quantitative estimate of drug-likeness (QED) is 0.276. The summed E-state index contributed by atoms with van der Waals surface area (Å²) in [4.78, 5) is 28.7. The van der Waals surface area contributed by atoms with Crippen molar-refractivity contribution < 1.29 is 14.3 Å². The lowest BCUT2D eigenvalue weighted by atomic mass is 10.0. The van der Waals surface area contributed by atoms with E-state index in [0.29, 0.717) is 25.5 Å². The Balaban J connectivity index is 1.38. The third-order valence-corrected chi connectivity index (χ3v) is 6.94. The van der Waals surface area contributed by atoms with E-state index in [1.807, 2.05) is 6.92 Å². The number of unbranched alkanes of at least 4 members (excludes halogenated alkanes) is 6. The van der Waals surface area contributed by atoms with Gasteiger partial charge in [0, 0.05) is 32.0 Å². The van der Waals surface area contributed by atoms with Crippen LogP contribution in [-0.4, -0.2) is 73.6 Å². The van der Waals surface area contributed by atoms with E-state index in [9.17, 15) is 9.59 Å². The van der Waals surface area contributed by atoms with Gasteiger partial charge in [-0.15, -0.1) is 0 Å². The van der Waals surface area contributed by atoms with Crippen LogP contribution in [0.5, 0.6) is 0 Å². The molecule has 0 saturated carbocycles. The summed E-state index contributed by atoms with van der Waals surface area (Å²) in [7, 11) is 0. The van der Waals surface area contributed by atoms with Gasteiger partial charge in [-0.2, -0.15) is 0 Å². The first-order valence-electron chi connectivity index (χ1n) is 13.6. The average molecular weight is 452 g/mol. The Morgan fingerprint density at radius 1 is 0.750 bits per heavy atom. The topological polar surface area (TPSA) is 61.9 Å². The van der Waals surface area contributed by atoms with Crippen molar-refractivity contribution in [2.75, 3.05) is 45.9 Å². The molecule has 2 fully saturated rings. The van der Waals surface area contributed by atoms with E-state index >= 15 is 0 Å². The molecule has 186 valence electrons. The second-order valence-corrected chi connectivity index (χ2v) is 9.72. The third-order valence-electron chi connectivity index (χ3n) is 6.94. The Bertz CT molecular complexity index is 501. The van der Waals surface area contributed by atoms with Crippen molar-refractivity contribution in [1.82, 2.24) is 15.1 Å². The fraction of sp³-hybridized carbons (Fsp3) is 0.923. The number of nitrogens with one attached hydrogen (secondary N) is 1. The number of likely N-dealkylation sites (tertiary alicyclic amines) is 2. The number of carbonyl (C=O) groups is 2. The first-order valence-corrected chi connectivity index (χ1v) is 13.6. The van der Waals surface area contributed by atoms with E-state index in [2.05, 4.69) is 15.1 Å². The van der Waals surface area contributed by atoms with Gasteiger partial charge in [0.2, 0.25) is 5.91 Å². The minimum absolute atomic E-state index is 0.0599. The van der Waals surface area contributed by atoms with Crippen molar-refractivity contribution in [2.45, 2.75) is 109 Å². The van der Waals surface area contributed by atoms with E-state index in [-0.39, 0.29) is 11.9 Å². The number of rotatable bonds is 16. The molecule has 0 radical (unpaired) electrons. The zero-order chi connectivity index (χ0) is 22.9. The number of esters is 1. The molecular weight excluding hydrogens is 402 g/mol. The SMILES string of the molecule is CCOC(=O)CCCCCCCN1CCC(NC(=O)CCCCCN2CCCCC2)CC1. The van der Waals surface area contributed by atoms with Gasteiger partial charge in [-0.25, -0.2) is 0 Å². The number of piperidine rings is 2. The van der Waals surface area contributed by atoms with Crippen LogP contribution in [0.2, 0.25) is 0 Å². The van der Waals surface area contributed by atoms with Crippen LogP contribution >= 0.6 is 0 Å². The molecule has 0 aromatic heterocycles. The van der Waals surface area contributed by atoms with Gasteiger partial charge in [-0.05, 0) is 84.5 Å². The maximum Gasteiger partial charge on any atom is 0.305 e. The van der Waals surface area contributed by atoms with Crippen LogP contribution in [0.1, 0.15) is 103 Å². The highest BCUT2D eigenvalue weighted by molar-refractivity contribution is 5.76. The Morgan fingerprint density at radius 3 is 2.00 bits per heavy atom. The van der Waals surface area contributed by atoms with Crippen LogP contribution in [0.25, 0.3) is 0 Å². The van der Waals surface area contributed by atoms with Gasteiger partial charge in [0.15, 0.2) is 0 Å². The zero-order valence-corrected chi connectivity index (χ0v) is 20.8. The summed E-state index contributed by atoms with van der Waals surface area (Å²) in [5, 5.41) is 3.27. The Labute approximate surface area is 196 Å². The predicted molar refractivity (Wildman–Crippen MR) is 131 cm³/mol. The van der Waals surface area contributed by atoms with Crippen LogP contribution in [0.4, 0.5) is 0 Å². The van der Waals surface area contributed by atoms with Crippen LogP contribution in [-0.2, 0) is 14.3 Å². The summed E-state index contributed by atoms with van der Waals surface area (Å²) in [6.07, 6.45) is 16.7. The van der Waals surface area contributed by atoms with E-state index < -0.39 is 0 Å². The fourth-order valence-corrected chi connectivity index (χ4v) is 4.95. The normalized spacial score (nSPS) is 18.5. The van der Waals surface area contributed by atoms with Gasteiger partial charge < -0.3 is 19.9 Å². The summed E-state index contributed by atoms with van der Waals surface area (Å²) in [5.74, 6) is 0.194. The molecule has 1 N–H and O–H groups in total. The molecule has 0 unspecified atom stereocenters. The molecule has 2 saturated heterocycles. The number of nitrogens with zero attached hydrogens (tertiary/aromatic N) is 2. The Kier molecular flexibility index (Phi) is 14.7. The lowest BCUT2D eigenvalue weighted by Gasteiger charge is -2.32. The number of carbonyl (C=O) groups excluding carboxylic acids is 2. The molecule has 32 heavy (non-hydrogen) atoms. The lowest BCUT2D eigenvalue weighted by molar-refractivity contribution is -0.143. The van der Waals surface area contributed by atoms with Gasteiger partial charge in [0.25, 0.3) is 0 Å². The van der Waals surface area contributed by atoms with Crippen LogP contribution in [0.15, 0.2) is 0 Å².